The second-order valence-electron chi connectivity index (χ2n) is 5.50. The van der Waals surface area contributed by atoms with Crippen molar-refractivity contribution < 1.29 is 27.5 Å². The van der Waals surface area contributed by atoms with Crippen LogP contribution in [0.3, 0.4) is 0 Å². The molecular weight excluding hydrogens is 384 g/mol. The number of thioether (sulfide) groups is 1. The third-order valence-corrected chi connectivity index (χ3v) is 5.91. The lowest BCUT2D eigenvalue weighted by molar-refractivity contribution is -0.127. The van der Waals surface area contributed by atoms with E-state index in [0.29, 0.717) is 10.1 Å². The van der Waals surface area contributed by atoms with Gasteiger partial charge in [-0.25, -0.2) is 18.0 Å². The number of sulfonamides is 1. The van der Waals surface area contributed by atoms with Gasteiger partial charge >= 0.3 is 12.0 Å². The normalized spacial score (nSPS) is 18.2. The van der Waals surface area contributed by atoms with Gasteiger partial charge in [-0.3, -0.25) is 10.1 Å². The van der Waals surface area contributed by atoms with Gasteiger partial charge in [0.15, 0.2) is 11.3 Å². The van der Waals surface area contributed by atoms with E-state index in [1.165, 1.54) is 19.1 Å². The Hall–Kier alpha value is -2.60. The summed E-state index contributed by atoms with van der Waals surface area (Å²) in [6.07, 6.45) is -1.21. The van der Waals surface area contributed by atoms with Gasteiger partial charge in [-0.2, -0.15) is 0 Å². The Labute approximate surface area is 152 Å². The number of urea groups is 1. The number of carbonyl (C=O) groups excluding carboxylic acids is 3. The molecule has 2 aliphatic rings. The molecule has 0 bridgehead atoms. The number of hydrogen-bond acceptors (Lipinski definition) is 8. The van der Waals surface area contributed by atoms with E-state index >= 15 is 0 Å². The van der Waals surface area contributed by atoms with Crippen molar-refractivity contribution in [2.75, 3.05) is 17.2 Å². The van der Waals surface area contributed by atoms with Gasteiger partial charge in [0.05, 0.1) is 17.0 Å². The van der Waals surface area contributed by atoms with Gasteiger partial charge in [-0.05, 0) is 36.9 Å². The summed E-state index contributed by atoms with van der Waals surface area (Å²) in [4.78, 5) is 36.8. The first-order valence-corrected chi connectivity index (χ1v) is 9.82. The van der Waals surface area contributed by atoms with E-state index in [9.17, 15) is 22.8 Å². The van der Waals surface area contributed by atoms with Crippen molar-refractivity contribution in [1.29, 1.82) is 0 Å². The first-order valence-electron chi connectivity index (χ1n) is 7.39. The Morgan fingerprint density at radius 1 is 1.38 bits per heavy atom. The quantitative estimate of drug-likeness (QED) is 0.678. The molecule has 0 aliphatic carbocycles. The lowest BCUT2D eigenvalue weighted by Gasteiger charge is -2.22. The zero-order valence-electron chi connectivity index (χ0n) is 13.5. The van der Waals surface area contributed by atoms with Crippen molar-refractivity contribution in [3.8, 4) is 0 Å². The van der Waals surface area contributed by atoms with Crippen LogP contribution in [0.5, 0.6) is 0 Å². The van der Waals surface area contributed by atoms with Crippen molar-refractivity contribution >= 4 is 50.5 Å². The largest absolute Gasteiger partial charge is 0.449 e. The van der Waals surface area contributed by atoms with Gasteiger partial charge in [0.2, 0.25) is 0 Å². The van der Waals surface area contributed by atoms with Crippen LogP contribution in [0.4, 0.5) is 10.5 Å². The molecule has 1 atom stereocenters. The first-order chi connectivity index (χ1) is 12.2. The number of nitrogens with zero attached hydrogens (tertiary/aromatic N) is 2. The molecule has 26 heavy (non-hydrogen) atoms. The van der Waals surface area contributed by atoms with Gasteiger partial charge in [0, 0.05) is 11.4 Å². The highest BCUT2D eigenvalue weighted by atomic mass is 32.2. The fraction of sp³-hybridized carbons (Fsp3) is 0.286. The Morgan fingerprint density at radius 2 is 2.12 bits per heavy atom. The summed E-state index contributed by atoms with van der Waals surface area (Å²) in [5, 5.41) is 2.16. The number of carbonyl (C=O) groups is 3. The predicted molar refractivity (Wildman–Crippen MR) is 93.5 cm³/mol. The SMILES string of the molecule is C[C@@H](OC(=O)c1ccc2c(c1)SC1=NS(=O)(=O)CCN12)C(=O)NC(N)=O. The molecule has 0 radical (unpaired) electrons. The van der Waals surface area contributed by atoms with Gasteiger partial charge in [-0.15, -0.1) is 4.40 Å². The van der Waals surface area contributed by atoms with Crippen molar-refractivity contribution in [3.05, 3.63) is 23.8 Å². The lowest BCUT2D eigenvalue weighted by atomic mass is 10.2. The Bertz CT molecular complexity index is 943. The van der Waals surface area contributed by atoms with Crippen LogP contribution in [0.25, 0.3) is 0 Å². The van der Waals surface area contributed by atoms with Crippen molar-refractivity contribution in [1.82, 2.24) is 5.32 Å². The van der Waals surface area contributed by atoms with Crippen LogP contribution < -0.4 is 16.0 Å². The Balaban J connectivity index is 1.76. The van der Waals surface area contributed by atoms with Crippen molar-refractivity contribution in [3.63, 3.8) is 0 Å². The number of amidine groups is 1. The summed E-state index contributed by atoms with van der Waals surface area (Å²) in [6, 6.07) is 3.66. The molecule has 0 fully saturated rings. The van der Waals surface area contributed by atoms with Crippen LogP contribution in [-0.2, 0) is 19.6 Å². The molecule has 0 spiro atoms. The smallest absolute Gasteiger partial charge is 0.338 e. The number of esters is 1. The lowest BCUT2D eigenvalue weighted by Crippen LogP contribution is -2.42. The number of benzene rings is 1. The van der Waals surface area contributed by atoms with E-state index in [2.05, 4.69) is 4.40 Å². The minimum absolute atomic E-state index is 0.0766. The van der Waals surface area contributed by atoms with Gasteiger partial charge in [0.1, 0.15) is 0 Å². The van der Waals surface area contributed by atoms with Crippen molar-refractivity contribution in [2.24, 2.45) is 10.1 Å². The average Bonchev–Trinajstić information content (AvgIpc) is 2.88. The van der Waals surface area contributed by atoms with Gasteiger partial charge in [0.25, 0.3) is 15.9 Å². The number of ether oxygens (including phenoxy) is 1. The number of fused-ring (bicyclic) bond motifs is 3. The fourth-order valence-corrected chi connectivity index (χ4v) is 4.66. The number of primary amides is 1. The highest BCUT2D eigenvalue weighted by Crippen LogP contribution is 2.42. The molecule has 3 rings (SSSR count). The number of rotatable bonds is 3. The average molecular weight is 398 g/mol. The molecule has 0 saturated heterocycles. The second-order valence-corrected chi connectivity index (χ2v) is 8.26. The molecule has 3 N–H and O–H groups in total. The number of imide groups is 1. The number of nitrogens with one attached hydrogen (secondary N) is 1. The topological polar surface area (TPSA) is 148 Å². The van der Waals surface area contributed by atoms with Crippen LogP contribution >= 0.6 is 11.8 Å². The highest BCUT2D eigenvalue weighted by molar-refractivity contribution is 8.15. The Kier molecular flexibility index (Phi) is 4.63. The molecule has 0 unspecified atom stereocenters. The van der Waals surface area contributed by atoms with E-state index < -0.39 is 34.0 Å². The van der Waals surface area contributed by atoms with E-state index in [4.69, 9.17) is 10.5 Å². The van der Waals surface area contributed by atoms with Gasteiger partial charge in [-0.1, -0.05) is 0 Å². The predicted octanol–water partition coefficient (Wildman–Crippen LogP) is 0.0383. The van der Waals surface area contributed by atoms with Crippen LogP contribution in [0.15, 0.2) is 27.5 Å². The summed E-state index contributed by atoms with van der Waals surface area (Å²) in [5.41, 5.74) is 5.77. The molecule has 138 valence electrons. The summed E-state index contributed by atoms with van der Waals surface area (Å²) in [7, 11) is -3.46. The third kappa shape index (κ3) is 3.65. The zero-order chi connectivity index (χ0) is 19.1. The summed E-state index contributed by atoms with van der Waals surface area (Å²) in [6.45, 7) is 1.59. The monoisotopic (exact) mass is 398 g/mol. The minimum Gasteiger partial charge on any atom is -0.449 e. The molecule has 0 saturated carbocycles. The van der Waals surface area contributed by atoms with Crippen LogP contribution in [0.2, 0.25) is 0 Å². The highest BCUT2D eigenvalue weighted by Gasteiger charge is 2.33. The molecular formula is C14H14N4O6S2. The molecule has 2 aliphatic heterocycles. The fourth-order valence-electron chi connectivity index (χ4n) is 2.36. The summed E-state index contributed by atoms with van der Waals surface area (Å²) in [5.74, 6) is -1.68. The molecule has 1 aromatic rings. The molecule has 3 amide bonds. The maximum Gasteiger partial charge on any atom is 0.338 e. The van der Waals surface area contributed by atoms with Crippen LogP contribution in [-0.4, -0.2) is 49.9 Å². The minimum atomic E-state index is -3.46. The van der Waals surface area contributed by atoms with Crippen molar-refractivity contribution in [2.45, 2.75) is 17.9 Å². The standard InChI is InChI=1S/C14H14N4O6S2/c1-7(11(19)16-13(15)21)24-12(20)8-2-3-9-10(6-8)25-14-17-26(22,23)5-4-18(9)14/h2-3,6-7H,4-5H2,1H3,(H3,15,16,19,21)/t7-/m1/s1. The third-order valence-electron chi connectivity index (χ3n) is 3.61. The van der Waals surface area contributed by atoms with E-state index in [-0.39, 0.29) is 17.9 Å². The second kappa shape index (κ2) is 6.61. The molecule has 10 nitrogen and oxygen atoms in total. The molecule has 12 heteroatoms. The molecule has 2 heterocycles. The van der Waals surface area contributed by atoms with E-state index in [0.717, 1.165) is 17.4 Å². The number of nitrogens with two attached hydrogens (primary N) is 1. The maximum atomic E-state index is 12.2. The maximum absolute atomic E-state index is 12.2. The number of anilines is 1. The zero-order valence-corrected chi connectivity index (χ0v) is 15.1. The molecule has 1 aromatic carbocycles. The van der Waals surface area contributed by atoms with Crippen LogP contribution in [0.1, 0.15) is 17.3 Å². The van der Waals surface area contributed by atoms with E-state index in [1.807, 2.05) is 5.32 Å². The van der Waals surface area contributed by atoms with Gasteiger partial charge < -0.3 is 15.4 Å². The van der Waals surface area contributed by atoms with E-state index in [1.54, 1.807) is 11.0 Å². The first kappa shape index (κ1) is 18.2. The van der Waals surface area contributed by atoms with Crippen LogP contribution in [0, 0.1) is 0 Å². The summed E-state index contributed by atoms with van der Waals surface area (Å²) < 4.78 is 31.9. The number of hydrogen-bond donors (Lipinski definition) is 2. The summed E-state index contributed by atoms with van der Waals surface area (Å²) >= 11 is 1.14. The Morgan fingerprint density at radius 3 is 2.81 bits per heavy atom. The molecule has 0 aromatic heterocycles. The number of amides is 3.